The highest BCUT2D eigenvalue weighted by molar-refractivity contribution is 7.98. The molecule has 0 bridgehead atoms. The number of aromatic nitrogens is 2. The van der Waals surface area contributed by atoms with Crippen molar-refractivity contribution in [3.63, 3.8) is 0 Å². The van der Waals surface area contributed by atoms with Crippen molar-refractivity contribution in [3.8, 4) is 0 Å². The van der Waals surface area contributed by atoms with Crippen LogP contribution in [0.1, 0.15) is 17.0 Å². The monoisotopic (exact) mass is 247 g/mol. The zero-order chi connectivity index (χ0) is 11.9. The summed E-state index contributed by atoms with van der Waals surface area (Å²) in [7, 11) is 0. The number of aromatic amines is 1. The molecule has 0 amide bonds. The van der Waals surface area contributed by atoms with E-state index in [0.717, 1.165) is 30.2 Å². The smallest absolute Gasteiger partial charge is 0.0925 e. The molecule has 4 heteroatoms. The van der Waals surface area contributed by atoms with E-state index in [2.05, 4.69) is 34.2 Å². The van der Waals surface area contributed by atoms with Crippen LogP contribution in [0.3, 0.4) is 0 Å². The van der Waals surface area contributed by atoms with Crippen LogP contribution in [0, 0.1) is 0 Å². The standard InChI is InChI=1S/C13H17N3S/c14-6-7-17-9-13-12(15-10-16-13)8-11-4-2-1-3-5-11/h1-5,10H,6-9,14H2,(H,15,16). The number of imidazole rings is 1. The first-order valence-corrected chi connectivity index (χ1v) is 6.88. The lowest BCUT2D eigenvalue weighted by molar-refractivity contribution is 1.07. The fourth-order valence-electron chi connectivity index (χ4n) is 1.68. The van der Waals surface area contributed by atoms with Gasteiger partial charge in [0.25, 0.3) is 0 Å². The van der Waals surface area contributed by atoms with Crippen molar-refractivity contribution >= 4 is 11.8 Å². The average molecular weight is 247 g/mol. The molecule has 2 rings (SSSR count). The highest BCUT2D eigenvalue weighted by Gasteiger charge is 2.06. The van der Waals surface area contributed by atoms with E-state index in [4.69, 9.17) is 5.73 Å². The van der Waals surface area contributed by atoms with Crippen molar-refractivity contribution in [2.45, 2.75) is 12.2 Å². The van der Waals surface area contributed by atoms with Crippen LogP contribution in [0.2, 0.25) is 0 Å². The topological polar surface area (TPSA) is 54.7 Å². The van der Waals surface area contributed by atoms with Crippen LogP contribution in [0.4, 0.5) is 0 Å². The molecule has 0 unspecified atom stereocenters. The Labute approximate surface area is 106 Å². The molecule has 0 aliphatic heterocycles. The van der Waals surface area contributed by atoms with Gasteiger partial charge in [0, 0.05) is 30.2 Å². The van der Waals surface area contributed by atoms with Crippen molar-refractivity contribution in [2.24, 2.45) is 5.73 Å². The van der Waals surface area contributed by atoms with Crippen LogP contribution in [-0.4, -0.2) is 22.3 Å². The third kappa shape index (κ3) is 3.61. The van der Waals surface area contributed by atoms with Crippen LogP contribution in [-0.2, 0) is 12.2 Å². The molecule has 17 heavy (non-hydrogen) atoms. The van der Waals surface area contributed by atoms with Gasteiger partial charge in [-0.1, -0.05) is 30.3 Å². The first-order chi connectivity index (χ1) is 8.40. The van der Waals surface area contributed by atoms with Gasteiger partial charge >= 0.3 is 0 Å². The fraction of sp³-hybridized carbons (Fsp3) is 0.308. The molecule has 0 saturated heterocycles. The number of thioether (sulfide) groups is 1. The largest absolute Gasteiger partial charge is 0.348 e. The molecule has 0 saturated carbocycles. The Kier molecular flexibility index (Phi) is 4.64. The van der Waals surface area contributed by atoms with Crippen LogP contribution >= 0.6 is 11.8 Å². The van der Waals surface area contributed by atoms with E-state index in [1.165, 1.54) is 11.3 Å². The van der Waals surface area contributed by atoms with E-state index < -0.39 is 0 Å². The van der Waals surface area contributed by atoms with Crippen molar-refractivity contribution < 1.29 is 0 Å². The molecule has 0 atom stereocenters. The summed E-state index contributed by atoms with van der Waals surface area (Å²) in [6.45, 7) is 0.725. The Morgan fingerprint density at radius 3 is 2.82 bits per heavy atom. The number of benzene rings is 1. The summed E-state index contributed by atoms with van der Waals surface area (Å²) in [5.74, 6) is 1.92. The number of nitrogens with two attached hydrogens (primary N) is 1. The first kappa shape index (κ1) is 12.2. The van der Waals surface area contributed by atoms with Gasteiger partial charge < -0.3 is 10.7 Å². The Balaban J connectivity index is 1.99. The number of nitrogens with zero attached hydrogens (tertiary/aromatic N) is 1. The Morgan fingerprint density at radius 2 is 2.06 bits per heavy atom. The van der Waals surface area contributed by atoms with Gasteiger partial charge in [0.1, 0.15) is 0 Å². The maximum atomic E-state index is 5.48. The van der Waals surface area contributed by atoms with Crippen molar-refractivity contribution in [1.29, 1.82) is 0 Å². The van der Waals surface area contributed by atoms with E-state index in [1.807, 2.05) is 17.8 Å². The Bertz CT molecular complexity index is 439. The second-order valence-electron chi connectivity index (χ2n) is 3.83. The van der Waals surface area contributed by atoms with Crippen molar-refractivity contribution in [3.05, 3.63) is 53.6 Å². The number of hydrogen-bond donors (Lipinski definition) is 2. The van der Waals surface area contributed by atoms with Crippen LogP contribution in [0.15, 0.2) is 36.7 Å². The number of H-pyrrole nitrogens is 1. The normalized spacial score (nSPS) is 10.6. The summed E-state index contributed by atoms with van der Waals surface area (Å²) < 4.78 is 0. The third-order valence-electron chi connectivity index (χ3n) is 2.53. The second-order valence-corrected chi connectivity index (χ2v) is 4.94. The van der Waals surface area contributed by atoms with E-state index >= 15 is 0 Å². The fourth-order valence-corrected chi connectivity index (χ4v) is 2.43. The van der Waals surface area contributed by atoms with Gasteiger partial charge in [-0.15, -0.1) is 0 Å². The van der Waals surface area contributed by atoms with Gasteiger partial charge in [0.05, 0.1) is 12.0 Å². The molecule has 2 aromatic rings. The van der Waals surface area contributed by atoms with Gasteiger partial charge in [0.2, 0.25) is 0 Å². The predicted octanol–water partition coefficient (Wildman–Crippen LogP) is 2.19. The number of hydrogen-bond acceptors (Lipinski definition) is 3. The summed E-state index contributed by atoms with van der Waals surface area (Å²) in [5.41, 5.74) is 9.14. The van der Waals surface area contributed by atoms with Crippen molar-refractivity contribution in [1.82, 2.24) is 9.97 Å². The highest BCUT2D eigenvalue weighted by atomic mass is 32.2. The summed E-state index contributed by atoms with van der Waals surface area (Å²) in [5, 5.41) is 0. The summed E-state index contributed by atoms with van der Waals surface area (Å²) in [6, 6.07) is 10.4. The summed E-state index contributed by atoms with van der Waals surface area (Å²) in [6.07, 6.45) is 2.69. The van der Waals surface area contributed by atoms with Gasteiger partial charge in [-0.2, -0.15) is 11.8 Å². The lowest BCUT2D eigenvalue weighted by Crippen LogP contribution is -2.02. The lowest BCUT2D eigenvalue weighted by atomic mass is 10.1. The quantitative estimate of drug-likeness (QED) is 0.769. The first-order valence-electron chi connectivity index (χ1n) is 5.73. The minimum Gasteiger partial charge on any atom is -0.348 e. The zero-order valence-electron chi connectivity index (χ0n) is 9.73. The molecule has 1 heterocycles. The third-order valence-corrected chi connectivity index (χ3v) is 3.53. The lowest BCUT2D eigenvalue weighted by Gasteiger charge is -2.03. The van der Waals surface area contributed by atoms with Crippen LogP contribution < -0.4 is 5.73 Å². The van der Waals surface area contributed by atoms with E-state index in [9.17, 15) is 0 Å². The molecule has 0 aliphatic carbocycles. The zero-order valence-corrected chi connectivity index (χ0v) is 10.5. The number of nitrogens with one attached hydrogen (secondary N) is 1. The van der Waals surface area contributed by atoms with Crippen molar-refractivity contribution in [2.75, 3.05) is 12.3 Å². The summed E-state index contributed by atoms with van der Waals surface area (Å²) in [4.78, 5) is 7.59. The molecule has 90 valence electrons. The molecular weight excluding hydrogens is 230 g/mol. The minimum absolute atomic E-state index is 0.725. The molecule has 0 aliphatic rings. The van der Waals surface area contributed by atoms with E-state index in [1.54, 1.807) is 6.33 Å². The second kappa shape index (κ2) is 6.47. The molecular formula is C13H17N3S. The molecule has 3 nitrogen and oxygen atoms in total. The van der Waals surface area contributed by atoms with Gasteiger partial charge in [-0.05, 0) is 5.56 Å². The SMILES string of the molecule is NCCSCc1nc[nH]c1Cc1ccccc1. The molecule has 0 fully saturated rings. The van der Waals surface area contributed by atoms with Crippen LogP contribution in [0.25, 0.3) is 0 Å². The maximum Gasteiger partial charge on any atom is 0.0925 e. The van der Waals surface area contributed by atoms with Gasteiger partial charge in [0.15, 0.2) is 0 Å². The average Bonchev–Trinajstić information content (AvgIpc) is 2.79. The molecule has 1 aromatic heterocycles. The molecule has 3 N–H and O–H groups in total. The summed E-state index contributed by atoms with van der Waals surface area (Å²) >= 11 is 1.83. The van der Waals surface area contributed by atoms with E-state index in [0.29, 0.717) is 0 Å². The predicted molar refractivity (Wildman–Crippen MR) is 73.1 cm³/mol. The van der Waals surface area contributed by atoms with Gasteiger partial charge in [-0.25, -0.2) is 4.98 Å². The van der Waals surface area contributed by atoms with E-state index in [-0.39, 0.29) is 0 Å². The molecule has 1 aromatic carbocycles. The molecule has 0 radical (unpaired) electrons. The number of rotatable bonds is 6. The Hall–Kier alpha value is -1.26. The maximum absolute atomic E-state index is 5.48. The van der Waals surface area contributed by atoms with Crippen LogP contribution in [0.5, 0.6) is 0 Å². The minimum atomic E-state index is 0.725. The molecule has 0 spiro atoms. The Morgan fingerprint density at radius 1 is 1.24 bits per heavy atom. The highest BCUT2D eigenvalue weighted by Crippen LogP contribution is 2.15. The van der Waals surface area contributed by atoms with Gasteiger partial charge in [-0.3, -0.25) is 0 Å².